The normalized spacial score (nSPS) is 10.8. The second kappa shape index (κ2) is 7.25. The summed E-state index contributed by atoms with van der Waals surface area (Å²) in [5.41, 5.74) is 2.16. The molecule has 17 heavy (non-hydrogen) atoms. The highest BCUT2D eigenvalue weighted by molar-refractivity contribution is 5.80. The van der Waals surface area contributed by atoms with Gasteiger partial charge in [-0.05, 0) is 25.8 Å². The number of unbranched alkanes of at least 4 members (excludes halogenated alkanes) is 2. The van der Waals surface area contributed by atoms with Crippen molar-refractivity contribution in [1.82, 2.24) is 9.78 Å². The fourth-order valence-electron chi connectivity index (χ4n) is 1.97. The van der Waals surface area contributed by atoms with Crippen LogP contribution in [0.25, 0.3) is 0 Å². The molecule has 0 N–H and O–H groups in total. The number of carbonyl (C=O) groups excluding carboxylic acids is 1. The molecule has 3 nitrogen and oxygen atoms in total. The van der Waals surface area contributed by atoms with E-state index in [-0.39, 0.29) is 0 Å². The van der Waals surface area contributed by atoms with Crippen molar-refractivity contribution in [2.75, 3.05) is 0 Å². The molecule has 0 unspecified atom stereocenters. The van der Waals surface area contributed by atoms with E-state index in [1.54, 1.807) is 0 Å². The third kappa shape index (κ3) is 4.33. The number of hydrogen-bond donors (Lipinski definition) is 0. The van der Waals surface area contributed by atoms with Gasteiger partial charge in [0, 0.05) is 25.1 Å². The molecule has 0 bridgehead atoms. The maximum absolute atomic E-state index is 11.8. The highest BCUT2D eigenvalue weighted by Crippen LogP contribution is 2.09. The van der Waals surface area contributed by atoms with E-state index in [0.29, 0.717) is 18.6 Å². The van der Waals surface area contributed by atoms with E-state index in [2.05, 4.69) is 31.9 Å². The maximum Gasteiger partial charge on any atom is 0.138 e. The van der Waals surface area contributed by atoms with E-state index in [1.807, 2.05) is 4.68 Å². The number of carbonyl (C=O) groups is 1. The van der Waals surface area contributed by atoms with Gasteiger partial charge in [0.25, 0.3) is 0 Å². The van der Waals surface area contributed by atoms with Gasteiger partial charge in [0.15, 0.2) is 0 Å². The van der Waals surface area contributed by atoms with E-state index in [4.69, 9.17) is 0 Å². The van der Waals surface area contributed by atoms with Crippen LogP contribution in [0.2, 0.25) is 0 Å². The summed E-state index contributed by atoms with van der Waals surface area (Å²) in [6.07, 6.45) is 5.54. The van der Waals surface area contributed by atoms with Crippen LogP contribution < -0.4 is 0 Å². The molecule has 0 saturated heterocycles. The quantitative estimate of drug-likeness (QED) is 0.650. The summed E-state index contributed by atoms with van der Waals surface area (Å²) in [5.74, 6) is 0.343. The van der Waals surface area contributed by atoms with Crippen molar-refractivity contribution in [1.29, 1.82) is 0 Å². The highest BCUT2D eigenvalue weighted by Gasteiger charge is 2.10. The minimum atomic E-state index is 0.343. The Bertz CT molecular complexity index is 355. The van der Waals surface area contributed by atoms with Crippen LogP contribution in [0.1, 0.15) is 57.8 Å². The van der Waals surface area contributed by atoms with Crippen molar-refractivity contribution in [3.8, 4) is 0 Å². The van der Waals surface area contributed by atoms with Crippen LogP contribution in [0, 0.1) is 0 Å². The third-order valence-electron chi connectivity index (χ3n) is 3.01. The smallest absolute Gasteiger partial charge is 0.138 e. The van der Waals surface area contributed by atoms with Crippen molar-refractivity contribution in [2.45, 2.75) is 65.8 Å². The van der Waals surface area contributed by atoms with Gasteiger partial charge in [-0.15, -0.1) is 0 Å². The Kier molecular flexibility index (Phi) is 5.95. The first-order valence-electron chi connectivity index (χ1n) is 6.78. The van der Waals surface area contributed by atoms with Crippen LogP contribution in [-0.2, 0) is 24.2 Å². The van der Waals surface area contributed by atoms with Crippen molar-refractivity contribution in [3.05, 3.63) is 17.5 Å². The lowest BCUT2D eigenvalue weighted by Crippen LogP contribution is -2.09. The van der Waals surface area contributed by atoms with Crippen molar-refractivity contribution < 1.29 is 4.79 Å². The van der Waals surface area contributed by atoms with Gasteiger partial charge in [0.05, 0.1) is 5.69 Å². The van der Waals surface area contributed by atoms with E-state index in [0.717, 1.165) is 37.2 Å². The second-order valence-corrected chi connectivity index (χ2v) is 4.47. The van der Waals surface area contributed by atoms with Gasteiger partial charge >= 0.3 is 0 Å². The first kappa shape index (κ1) is 13.9. The molecule has 0 aliphatic carbocycles. The van der Waals surface area contributed by atoms with E-state index in [9.17, 15) is 4.79 Å². The largest absolute Gasteiger partial charge is 0.299 e. The molecule has 3 heteroatoms. The molecule has 0 aliphatic rings. The molecule has 1 rings (SSSR count). The standard InChI is InChI=1S/C14H24N2O/c1-4-7-8-9-14(17)11-13-10-12(5-2)15-16(13)6-3/h10H,4-9,11H2,1-3H3. The van der Waals surface area contributed by atoms with Gasteiger partial charge in [-0.3, -0.25) is 9.48 Å². The molecule has 0 atom stereocenters. The zero-order valence-corrected chi connectivity index (χ0v) is 11.3. The Hall–Kier alpha value is -1.12. The Morgan fingerprint density at radius 2 is 2.06 bits per heavy atom. The van der Waals surface area contributed by atoms with Gasteiger partial charge in [-0.25, -0.2) is 0 Å². The summed E-state index contributed by atoms with van der Waals surface area (Å²) >= 11 is 0. The number of rotatable bonds is 8. The summed E-state index contributed by atoms with van der Waals surface area (Å²) in [4.78, 5) is 11.8. The molecular formula is C14H24N2O. The summed E-state index contributed by atoms with van der Waals surface area (Å²) in [6.45, 7) is 7.16. The minimum absolute atomic E-state index is 0.343. The topological polar surface area (TPSA) is 34.9 Å². The Morgan fingerprint density at radius 3 is 2.65 bits per heavy atom. The van der Waals surface area contributed by atoms with Gasteiger partial charge in [0.2, 0.25) is 0 Å². The lowest BCUT2D eigenvalue weighted by Gasteiger charge is -2.03. The first-order valence-corrected chi connectivity index (χ1v) is 6.78. The van der Waals surface area contributed by atoms with Gasteiger partial charge < -0.3 is 0 Å². The van der Waals surface area contributed by atoms with Crippen molar-refractivity contribution in [3.63, 3.8) is 0 Å². The van der Waals surface area contributed by atoms with E-state index >= 15 is 0 Å². The molecule has 1 heterocycles. The number of ketones is 1. The molecule has 96 valence electrons. The predicted octanol–water partition coefficient (Wildman–Crippen LogP) is 3.16. The molecule has 0 saturated carbocycles. The lowest BCUT2D eigenvalue weighted by molar-refractivity contribution is -0.118. The molecule has 1 aromatic rings. The number of Topliss-reactive ketones (excluding diaryl/α,β-unsaturated/α-hetero) is 1. The Balaban J connectivity index is 2.54. The molecule has 0 spiro atoms. The van der Waals surface area contributed by atoms with Gasteiger partial charge in [0.1, 0.15) is 5.78 Å². The molecular weight excluding hydrogens is 212 g/mol. The zero-order chi connectivity index (χ0) is 12.7. The average Bonchev–Trinajstić information content (AvgIpc) is 2.71. The van der Waals surface area contributed by atoms with Crippen molar-refractivity contribution in [2.24, 2.45) is 0 Å². The van der Waals surface area contributed by atoms with Crippen LogP contribution in [0.4, 0.5) is 0 Å². The maximum atomic E-state index is 11.8. The Morgan fingerprint density at radius 1 is 1.29 bits per heavy atom. The van der Waals surface area contributed by atoms with Crippen LogP contribution in [-0.4, -0.2) is 15.6 Å². The number of aryl methyl sites for hydroxylation is 2. The second-order valence-electron chi connectivity index (χ2n) is 4.47. The predicted molar refractivity (Wildman–Crippen MR) is 70.1 cm³/mol. The first-order chi connectivity index (χ1) is 8.21. The van der Waals surface area contributed by atoms with Gasteiger partial charge in [-0.2, -0.15) is 5.10 Å². The van der Waals surface area contributed by atoms with E-state index in [1.165, 1.54) is 6.42 Å². The summed E-state index contributed by atoms with van der Waals surface area (Å²) in [5, 5.41) is 4.46. The van der Waals surface area contributed by atoms with Crippen molar-refractivity contribution >= 4 is 5.78 Å². The molecule has 0 amide bonds. The molecule has 0 aliphatic heterocycles. The summed E-state index contributed by atoms with van der Waals surface area (Å²) < 4.78 is 1.95. The van der Waals surface area contributed by atoms with Crippen LogP contribution in [0.3, 0.4) is 0 Å². The average molecular weight is 236 g/mol. The molecule has 0 aromatic carbocycles. The number of nitrogens with zero attached hydrogens (tertiary/aromatic N) is 2. The fraction of sp³-hybridized carbons (Fsp3) is 0.714. The minimum Gasteiger partial charge on any atom is -0.299 e. The van der Waals surface area contributed by atoms with Gasteiger partial charge in [-0.1, -0.05) is 26.7 Å². The third-order valence-corrected chi connectivity index (χ3v) is 3.01. The monoisotopic (exact) mass is 236 g/mol. The van der Waals surface area contributed by atoms with E-state index < -0.39 is 0 Å². The van der Waals surface area contributed by atoms with Crippen LogP contribution in [0.5, 0.6) is 0 Å². The Labute approximate surface area is 104 Å². The lowest BCUT2D eigenvalue weighted by atomic mass is 10.1. The highest BCUT2D eigenvalue weighted by atomic mass is 16.1. The fourth-order valence-corrected chi connectivity index (χ4v) is 1.97. The number of hydrogen-bond acceptors (Lipinski definition) is 2. The molecule has 1 aromatic heterocycles. The molecule has 0 radical (unpaired) electrons. The molecule has 0 fully saturated rings. The summed E-state index contributed by atoms with van der Waals surface area (Å²) in [7, 11) is 0. The number of aromatic nitrogens is 2. The summed E-state index contributed by atoms with van der Waals surface area (Å²) in [6, 6.07) is 2.07. The van der Waals surface area contributed by atoms with Crippen LogP contribution >= 0.6 is 0 Å². The zero-order valence-electron chi connectivity index (χ0n) is 11.3. The SMILES string of the molecule is CCCCCC(=O)Cc1cc(CC)nn1CC. The van der Waals surface area contributed by atoms with Crippen LogP contribution in [0.15, 0.2) is 6.07 Å².